The Bertz CT molecular complexity index is 1510. The van der Waals surface area contributed by atoms with E-state index < -0.39 is 0 Å². The molecule has 34 heavy (non-hydrogen) atoms. The molecule has 1 aromatic heterocycles. The molecule has 5 rings (SSSR count). The monoisotopic (exact) mass is 505 g/mol. The van der Waals surface area contributed by atoms with Gasteiger partial charge in [-0.05, 0) is 78.7 Å². The molecule has 1 amide bonds. The van der Waals surface area contributed by atoms with E-state index >= 15 is 0 Å². The Kier molecular flexibility index (Phi) is 6.02. The van der Waals surface area contributed by atoms with Gasteiger partial charge >= 0.3 is 0 Å². The molecule has 0 saturated carbocycles. The summed E-state index contributed by atoms with van der Waals surface area (Å²) in [6.07, 6.45) is 3.92. The van der Waals surface area contributed by atoms with Crippen LogP contribution in [0.3, 0.4) is 0 Å². The van der Waals surface area contributed by atoms with E-state index in [-0.39, 0.29) is 11.1 Å². The first-order chi connectivity index (χ1) is 16.3. The van der Waals surface area contributed by atoms with Gasteiger partial charge in [0.25, 0.3) is 5.91 Å². The van der Waals surface area contributed by atoms with Crippen LogP contribution in [0.25, 0.3) is 17.0 Å². The second-order valence-corrected chi connectivity index (χ2v) is 10.1. The molecule has 0 atom stereocenters. The van der Waals surface area contributed by atoms with Gasteiger partial charge in [0, 0.05) is 29.2 Å². The molecule has 4 aromatic rings. The van der Waals surface area contributed by atoms with Crippen LogP contribution in [0.1, 0.15) is 22.3 Å². The number of amides is 1. The maximum atomic E-state index is 13.3. The minimum absolute atomic E-state index is 0.181. The zero-order valence-corrected chi connectivity index (χ0v) is 20.9. The average Bonchev–Trinajstić information content (AvgIpc) is 3.29. The summed E-state index contributed by atoms with van der Waals surface area (Å²) in [6.45, 7) is 4.66. The molecule has 1 fully saturated rings. The summed E-state index contributed by atoms with van der Waals surface area (Å²) in [5, 5.41) is 10.7. The Morgan fingerprint density at radius 3 is 2.53 bits per heavy atom. The van der Waals surface area contributed by atoms with Crippen LogP contribution in [0.4, 0.5) is 5.69 Å². The lowest BCUT2D eigenvalue weighted by atomic mass is 10.1. The maximum Gasteiger partial charge on any atom is 0.271 e. The Labute approximate surface area is 212 Å². The minimum atomic E-state index is -0.181. The normalized spacial score (nSPS) is 15.2. The number of benzene rings is 3. The van der Waals surface area contributed by atoms with E-state index in [4.69, 9.17) is 28.6 Å². The van der Waals surface area contributed by atoms with Gasteiger partial charge in [0.2, 0.25) is 0 Å². The Morgan fingerprint density at radius 2 is 1.76 bits per heavy atom. The number of halogens is 2. The first-order valence-corrected chi connectivity index (χ1v) is 12.3. The summed E-state index contributed by atoms with van der Waals surface area (Å²) in [5.74, 6) is -0.181. The molecule has 0 radical (unpaired) electrons. The van der Waals surface area contributed by atoms with Crippen molar-refractivity contribution in [2.24, 2.45) is 0 Å². The van der Waals surface area contributed by atoms with Gasteiger partial charge < -0.3 is 4.57 Å². The number of anilines is 1. The molecule has 1 saturated heterocycles. The van der Waals surface area contributed by atoms with Crippen molar-refractivity contribution in [2.45, 2.75) is 20.4 Å². The topological polar surface area (TPSA) is 49.1 Å². The van der Waals surface area contributed by atoms with E-state index in [2.05, 4.69) is 10.6 Å². The molecule has 0 bridgehead atoms. The highest BCUT2D eigenvalue weighted by atomic mass is 35.5. The number of aryl methyl sites for hydroxylation is 2. The first-order valence-electron chi connectivity index (χ1n) is 10.7. The number of nitrogens with one attached hydrogen (secondary N) is 1. The van der Waals surface area contributed by atoms with Gasteiger partial charge in [-0.15, -0.1) is 0 Å². The molecule has 170 valence electrons. The molecule has 0 aliphatic carbocycles. The van der Waals surface area contributed by atoms with Crippen LogP contribution in [0.2, 0.25) is 10.0 Å². The lowest BCUT2D eigenvalue weighted by molar-refractivity contribution is -0.113. The predicted octanol–water partition coefficient (Wildman–Crippen LogP) is 7.67. The third kappa shape index (κ3) is 4.16. The summed E-state index contributed by atoms with van der Waals surface area (Å²) in [5.41, 5.74) is 5.98. The number of thioether (sulfide) groups is 1. The van der Waals surface area contributed by atoms with Crippen LogP contribution in [-0.4, -0.2) is 15.6 Å². The predicted molar refractivity (Wildman–Crippen MR) is 144 cm³/mol. The molecular formula is C27H21Cl2N3OS. The molecule has 4 nitrogen and oxygen atoms in total. The lowest BCUT2D eigenvalue weighted by Crippen LogP contribution is -2.28. The molecule has 3 aromatic carbocycles. The third-order valence-corrected chi connectivity index (χ3v) is 7.64. The quantitative estimate of drug-likeness (QED) is 0.289. The van der Waals surface area contributed by atoms with Crippen molar-refractivity contribution in [2.75, 3.05) is 4.90 Å². The summed E-state index contributed by atoms with van der Waals surface area (Å²) >= 11 is 13.5. The standard InChI is InChI=1S/C27H21Cl2N3OS/c1-16-7-9-20(11-17(16)2)32-26(33)25(34-27(32)30)13-19-15-31(24-6-4-3-5-21(19)24)14-18-8-10-22(28)23(29)12-18/h3-13,15,30H,14H2,1-2H3/b25-13+,30-27?. The second-order valence-electron chi connectivity index (χ2n) is 8.30. The minimum Gasteiger partial charge on any atom is -0.342 e. The van der Waals surface area contributed by atoms with E-state index in [1.165, 1.54) is 16.7 Å². The first kappa shape index (κ1) is 22.8. The van der Waals surface area contributed by atoms with Crippen molar-refractivity contribution in [1.82, 2.24) is 4.57 Å². The number of fused-ring (bicyclic) bond motifs is 1. The van der Waals surface area contributed by atoms with Crippen molar-refractivity contribution in [3.8, 4) is 0 Å². The SMILES string of the molecule is Cc1ccc(N2C(=N)S/C(=C/c3cn(Cc4ccc(Cl)c(Cl)c4)c4ccccc34)C2=O)cc1C. The molecule has 2 heterocycles. The highest BCUT2D eigenvalue weighted by Gasteiger charge is 2.34. The van der Waals surface area contributed by atoms with Gasteiger partial charge in [-0.1, -0.05) is 53.5 Å². The van der Waals surface area contributed by atoms with E-state index in [9.17, 15) is 4.79 Å². The van der Waals surface area contributed by atoms with Crippen LogP contribution in [-0.2, 0) is 11.3 Å². The average molecular weight is 506 g/mol. The van der Waals surface area contributed by atoms with Crippen molar-refractivity contribution in [3.05, 3.63) is 104 Å². The van der Waals surface area contributed by atoms with Crippen LogP contribution in [0.15, 0.2) is 71.8 Å². The highest BCUT2D eigenvalue weighted by molar-refractivity contribution is 8.19. The van der Waals surface area contributed by atoms with Gasteiger partial charge in [-0.2, -0.15) is 0 Å². The third-order valence-electron chi connectivity index (χ3n) is 6.02. The number of rotatable bonds is 4. The van der Waals surface area contributed by atoms with E-state index in [1.54, 1.807) is 6.07 Å². The van der Waals surface area contributed by atoms with Gasteiger partial charge in [0.1, 0.15) is 0 Å². The molecule has 0 unspecified atom stereocenters. The van der Waals surface area contributed by atoms with Gasteiger partial charge in [-0.25, -0.2) is 0 Å². The molecule has 1 aliphatic rings. The van der Waals surface area contributed by atoms with Crippen LogP contribution in [0, 0.1) is 19.3 Å². The Morgan fingerprint density at radius 1 is 0.971 bits per heavy atom. The summed E-state index contributed by atoms with van der Waals surface area (Å²) in [7, 11) is 0. The largest absolute Gasteiger partial charge is 0.342 e. The fourth-order valence-corrected chi connectivity index (χ4v) is 5.26. The summed E-state index contributed by atoms with van der Waals surface area (Å²) < 4.78 is 2.14. The zero-order valence-electron chi connectivity index (χ0n) is 18.6. The second kappa shape index (κ2) is 8.99. The number of aromatic nitrogens is 1. The van der Waals surface area contributed by atoms with Gasteiger partial charge in [-0.3, -0.25) is 15.1 Å². The summed E-state index contributed by atoms with van der Waals surface area (Å²) in [4.78, 5) is 15.3. The van der Waals surface area contributed by atoms with Crippen LogP contribution in [0.5, 0.6) is 0 Å². The fourth-order valence-electron chi connectivity index (χ4n) is 4.08. The molecule has 1 N–H and O–H groups in total. The number of para-hydroxylation sites is 1. The number of hydrogen-bond donors (Lipinski definition) is 1. The van der Waals surface area contributed by atoms with Crippen molar-refractivity contribution < 1.29 is 4.79 Å². The zero-order chi connectivity index (χ0) is 24.0. The Balaban J connectivity index is 1.51. The lowest BCUT2D eigenvalue weighted by Gasteiger charge is -2.15. The van der Waals surface area contributed by atoms with Gasteiger partial charge in [0.15, 0.2) is 5.17 Å². The number of hydrogen-bond acceptors (Lipinski definition) is 3. The van der Waals surface area contributed by atoms with Crippen LogP contribution < -0.4 is 4.90 Å². The van der Waals surface area contributed by atoms with Crippen molar-refractivity contribution in [1.29, 1.82) is 5.41 Å². The van der Waals surface area contributed by atoms with E-state index in [1.807, 2.05) is 74.7 Å². The van der Waals surface area contributed by atoms with Gasteiger partial charge in [0.05, 0.1) is 20.6 Å². The number of carbonyl (C=O) groups excluding carboxylic acids is 1. The molecular weight excluding hydrogens is 485 g/mol. The van der Waals surface area contributed by atoms with Crippen molar-refractivity contribution in [3.63, 3.8) is 0 Å². The Hall–Kier alpha value is -2.99. The number of nitrogens with zero attached hydrogens (tertiary/aromatic N) is 2. The maximum absolute atomic E-state index is 13.3. The smallest absolute Gasteiger partial charge is 0.271 e. The molecule has 1 aliphatic heterocycles. The number of amidine groups is 1. The van der Waals surface area contributed by atoms with E-state index in [0.717, 1.165) is 38.8 Å². The molecule has 0 spiro atoms. The van der Waals surface area contributed by atoms with Crippen LogP contribution >= 0.6 is 35.0 Å². The summed E-state index contributed by atoms with van der Waals surface area (Å²) in [6, 6.07) is 19.5. The highest BCUT2D eigenvalue weighted by Crippen LogP contribution is 2.37. The number of carbonyl (C=O) groups is 1. The molecule has 7 heteroatoms. The fraction of sp³-hybridized carbons (Fsp3) is 0.111. The van der Waals surface area contributed by atoms with E-state index in [0.29, 0.717) is 21.5 Å². The van der Waals surface area contributed by atoms with Crippen molar-refractivity contribution >= 4 is 68.7 Å².